The van der Waals surface area contributed by atoms with Crippen LogP contribution >= 0.6 is 0 Å². The average molecular weight is 723 g/mol. The molecule has 3 aliphatic rings. The Kier molecular flexibility index (Phi) is 11.2. The van der Waals surface area contributed by atoms with Crippen LogP contribution in [0.15, 0.2) is 36.4 Å². The van der Waals surface area contributed by atoms with Crippen molar-refractivity contribution in [2.24, 2.45) is 0 Å². The normalized spacial score (nSPS) is 31.5. The third-order valence-electron chi connectivity index (χ3n) is 9.79. The van der Waals surface area contributed by atoms with Gasteiger partial charge in [0.2, 0.25) is 0 Å². The van der Waals surface area contributed by atoms with Gasteiger partial charge < -0.3 is 64.5 Å². The minimum absolute atomic E-state index is 0.0407. The highest BCUT2D eigenvalue weighted by Gasteiger charge is 2.44. The Balaban J connectivity index is 1.36. The van der Waals surface area contributed by atoms with E-state index in [1.807, 2.05) is 57.2 Å². The number of hydrogen-bond acceptors (Lipinski definition) is 12. The summed E-state index contributed by atoms with van der Waals surface area (Å²) >= 11 is 0. The van der Waals surface area contributed by atoms with Gasteiger partial charge in [-0.2, -0.15) is 0 Å². The molecule has 3 aliphatic heterocycles. The number of nitrogens with zero attached hydrogens (tertiary/aromatic N) is 2. The topological polar surface area (TPSA) is 215 Å². The molecule has 0 spiro atoms. The van der Waals surface area contributed by atoms with E-state index in [9.17, 15) is 45.6 Å². The van der Waals surface area contributed by atoms with E-state index in [1.54, 1.807) is 4.90 Å². The lowest BCUT2D eigenvalue weighted by Crippen LogP contribution is -2.58. The van der Waals surface area contributed by atoms with E-state index in [0.717, 1.165) is 21.8 Å². The summed E-state index contributed by atoms with van der Waals surface area (Å²) in [5.41, 5.74) is 2.25. The summed E-state index contributed by atoms with van der Waals surface area (Å²) in [5, 5.41) is 82.7. The van der Waals surface area contributed by atoms with Crippen LogP contribution in [0.25, 0.3) is 21.8 Å². The van der Waals surface area contributed by atoms with Gasteiger partial charge in [0.15, 0.2) is 0 Å². The molecule has 52 heavy (non-hydrogen) atoms. The second-order valence-corrected chi connectivity index (χ2v) is 14.6. The Morgan fingerprint density at radius 3 is 1.58 bits per heavy atom. The van der Waals surface area contributed by atoms with Crippen molar-refractivity contribution in [2.45, 2.75) is 106 Å². The van der Waals surface area contributed by atoms with Crippen molar-refractivity contribution >= 4 is 27.9 Å². The number of hydrogen-bond donors (Lipinski definition) is 8. The molecule has 0 unspecified atom stereocenters. The highest BCUT2D eigenvalue weighted by atomic mass is 16.6. The van der Waals surface area contributed by atoms with Crippen LogP contribution < -0.4 is 0 Å². The standard InChI is InChI=1S/C38H46N2O12/c1-38(2,3)52-37(49)39-14-12-22(13-15-39)40-25-16-20(6-10-27-31(43)35(47)33(45)29(18-41)50-27)4-8-23(25)24-9-5-21(17-26(24)40)7-11-28-32(44)36(48)34(46)30(19-42)51-28/h4-5,8-9,16-17,22,27-36,41-48H,12-15,18-19H2,1-3H3/t27-,28-,29-,30-,31-,32-,33-,34-,35-,36-/m1/s1. The summed E-state index contributed by atoms with van der Waals surface area (Å²) in [5.74, 6) is 11.7. The van der Waals surface area contributed by atoms with Crippen molar-refractivity contribution in [3.63, 3.8) is 0 Å². The first kappa shape index (κ1) is 38.0. The predicted octanol–water partition coefficient (Wildman–Crippen LogP) is -0.246. The predicted molar refractivity (Wildman–Crippen MR) is 187 cm³/mol. The van der Waals surface area contributed by atoms with Crippen LogP contribution in [0.1, 0.15) is 50.8 Å². The average Bonchev–Trinajstić information content (AvgIpc) is 3.44. The van der Waals surface area contributed by atoms with Gasteiger partial charge in [-0.1, -0.05) is 35.8 Å². The number of aliphatic hydroxyl groups excluding tert-OH is 8. The van der Waals surface area contributed by atoms with Crippen LogP contribution in [-0.4, -0.2) is 149 Å². The number of carbonyl (C=O) groups excluding carboxylic acids is 1. The van der Waals surface area contributed by atoms with Crippen molar-refractivity contribution in [2.75, 3.05) is 26.3 Å². The summed E-state index contributed by atoms with van der Waals surface area (Å²) in [6.07, 6.45) is -12.6. The number of carbonyl (C=O) groups is 1. The molecule has 0 bridgehead atoms. The van der Waals surface area contributed by atoms with Gasteiger partial charge in [0.05, 0.1) is 24.2 Å². The van der Waals surface area contributed by atoms with E-state index >= 15 is 0 Å². The minimum Gasteiger partial charge on any atom is -0.444 e. The number of aromatic nitrogens is 1. The number of likely N-dealkylation sites (tertiary alicyclic amines) is 1. The van der Waals surface area contributed by atoms with Crippen molar-refractivity contribution in [1.82, 2.24) is 9.47 Å². The number of fused-ring (bicyclic) bond motifs is 3. The van der Waals surface area contributed by atoms with Crippen LogP contribution in [0.3, 0.4) is 0 Å². The maximum Gasteiger partial charge on any atom is 0.410 e. The molecule has 1 aromatic heterocycles. The van der Waals surface area contributed by atoms with Crippen LogP contribution in [0.5, 0.6) is 0 Å². The molecule has 0 saturated carbocycles. The van der Waals surface area contributed by atoms with Crippen LogP contribution in [0.2, 0.25) is 0 Å². The summed E-state index contributed by atoms with van der Waals surface area (Å²) in [6, 6.07) is 11.3. The molecule has 1 amide bonds. The van der Waals surface area contributed by atoms with Gasteiger partial charge in [-0.25, -0.2) is 4.79 Å². The molecule has 6 rings (SSSR count). The fourth-order valence-electron chi connectivity index (χ4n) is 6.98. The van der Waals surface area contributed by atoms with Gasteiger partial charge in [0.25, 0.3) is 0 Å². The van der Waals surface area contributed by atoms with E-state index in [-0.39, 0.29) is 12.1 Å². The first-order valence-corrected chi connectivity index (χ1v) is 17.4. The molecular formula is C38H46N2O12. The molecule has 10 atom stereocenters. The molecule has 280 valence electrons. The summed E-state index contributed by atoms with van der Waals surface area (Å²) in [7, 11) is 0. The van der Waals surface area contributed by atoms with Gasteiger partial charge in [-0.3, -0.25) is 0 Å². The monoisotopic (exact) mass is 722 g/mol. The number of piperidine rings is 1. The molecule has 0 aliphatic carbocycles. The molecule has 3 saturated heterocycles. The molecule has 14 heteroatoms. The molecule has 3 aromatic rings. The van der Waals surface area contributed by atoms with Crippen molar-refractivity contribution in [3.8, 4) is 23.7 Å². The number of rotatable bonds is 3. The van der Waals surface area contributed by atoms with Gasteiger partial charge in [-0.05, 0) is 57.9 Å². The zero-order chi connectivity index (χ0) is 37.5. The number of benzene rings is 2. The van der Waals surface area contributed by atoms with Gasteiger partial charge >= 0.3 is 6.09 Å². The van der Waals surface area contributed by atoms with Crippen molar-refractivity contribution in [1.29, 1.82) is 0 Å². The van der Waals surface area contributed by atoms with E-state index in [4.69, 9.17) is 14.2 Å². The Hall–Kier alpha value is -3.77. The molecule has 3 fully saturated rings. The summed E-state index contributed by atoms with van der Waals surface area (Å²) in [4.78, 5) is 14.6. The molecular weight excluding hydrogens is 676 g/mol. The van der Waals surface area contributed by atoms with Gasteiger partial charge in [-0.15, -0.1) is 0 Å². The van der Waals surface area contributed by atoms with E-state index < -0.39 is 79.9 Å². The summed E-state index contributed by atoms with van der Waals surface area (Å²) in [6.45, 7) is 5.29. The molecule has 2 aromatic carbocycles. The zero-order valence-electron chi connectivity index (χ0n) is 29.2. The first-order valence-electron chi connectivity index (χ1n) is 17.4. The maximum absolute atomic E-state index is 12.9. The van der Waals surface area contributed by atoms with Crippen LogP contribution in [0, 0.1) is 23.7 Å². The van der Waals surface area contributed by atoms with Gasteiger partial charge in [0, 0.05) is 41.0 Å². The Bertz CT molecular complexity index is 1780. The van der Waals surface area contributed by atoms with Crippen LogP contribution in [-0.2, 0) is 14.2 Å². The van der Waals surface area contributed by atoms with Crippen molar-refractivity contribution in [3.05, 3.63) is 47.5 Å². The largest absolute Gasteiger partial charge is 0.444 e. The fraction of sp³-hybridized carbons (Fsp3) is 0.553. The fourth-order valence-corrected chi connectivity index (χ4v) is 6.98. The second kappa shape index (κ2) is 15.3. The second-order valence-electron chi connectivity index (χ2n) is 14.6. The molecule has 8 N–H and O–H groups in total. The lowest BCUT2D eigenvalue weighted by atomic mass is 9.95. The number of amides is 1. The Labute approximate surface area is 300 Å². The Morgan fingerprint density at radius 2 is 1.17 bits per heavy atom. The first-order chi connectivity index (χ1) is 24.7. The van der Waals surface area contributed by atoms with E-state index in [2.05, 4.69) is 28.2 Å². The smallest absolute Gasteiger partial charge is 0.410 e. The lowest BCUT2D eigenvalue weighted by Gasteiger charge is -2.37. The molecule has 4 heterocycles. The molecule has 14 nitrogen and oxygen atoms in total. The number of ether oxygens (including phenoxy) is 3. The third-order valence-corrected chi connectivity index (χ3v) is 9.79. The lowest BCUT2D eigenvalue weighted by molar-refractivity contribution is -0.214. The van der Waals surface area contributed by atoms with Crippen LogP contribution in [0.4, 0.5) is 4.79 Å². The minimum atomic E-state index is -1.54. The quantitative estimate of drug-likeness (QED) is 0.165. The Morgan fingerprint density at radius 1 is 0.731 bits per heavy atom. The van der Waals surface area contributed by atoms with E-state index in [1.165, 1.54) is 0 Å². The zero-order valence-corrected chi connectivity index (χ0v) is 29.2. The highest BCUT2D eigenvalue weighted by Crippen LogP contribution is 2.37. The van der Waals surface area contributed by atoms with Crippen molar-refractivity contribution < 1.29 is 59.9 Å². The van der Waals surface area contributed by atoms with Gasteiger partial charge in [0.1, 0.15) is 66.6 Å². The highest BCUT2D eigenvalue weighted by molar-refractivity contribution is 6.08. The maximum atomic E-state index is 12.9. The van der Waals surface area contributed by atoms with E-state index in [0.29, 0.717) is 37.1 Å². The SMILES string of the molecule is CC(C)(C)OC(=O)N1CCC(n2c3cc(C#C[C@H]4O[C@H](CO)[C@@H](O)[C@H](O)[C@@H]4O)ccc3c3ccc(C#C[C@H]4O[C@H](CO)[C@@H](O)[C@H](O)[C@@H]4O)cc32)CC1. The number of aliphatic hydroxyl groups is 8. The molecule has 0 radical (unpaired) electrons. The third kappa shape index (κ3) is 7.64. The summed E-state index contributed by atoms with van der Waals surface area (Å²) < 4.78 is 18.9.